The van der Waals surface area contributed by atoms with Gasteiger partial charge in [-0.05, 0) is 31.5 Å². The predicted octanol–water partition coefficient (Wildman–Crippen LogP) is 4.15. The number of hydrogen-bond donors (Lipinski definition) is 0. The maximum Gasteiger partial charge on any atom is 0.277 e. The van der Waals surface area contributed by atoms with Crippen LogP contribution in [0.15, 0.2) is 52.1 Å². The van der Waals surface area contributed by atoms with Gasteiger partial charge in [0.15, 0.2) is 12.4 Å². The predicted molar refractivity (Wildman–Crippen MR) is 103 cm³/mol. The van der Waals surface area contributed by atoms with E-state index < -0.39 is 4.92 Å². The van der Waals surface area contributed by atoms with E-state index in [2.05, 4.69) is 10.2 Å². The smallest absolute Gasteiger partial charge is 0.277 e. The van der Waals surface area contributed by atoms with Gasteiger partial charge in [-0.2, -0.15) is 0 Å². The number of benzene rings is 2. The molecule has 0 saturated heterocycles. The average Bonchev–Trinajstić information content (AvgIpc) is 3.12. The van der Waals surface area contributed by atoms with Crippen LogP contribution in [0.25, 0.3) is 0 Å². The van der Waals surface area contributed by atoms with Crippen molar-refractivity contribution in [3.63, 3.8) is 0 Å². The minimum absolute atomic E-state index is 0.0284. The largest absolute Gasteiger partial charge is 0.484 e. The van der Waals surface area contributed by atoms with Gasteiger partial charge in [-0.3, -0.25) is 14.9 Å². The minimum atomic E-state index is -0.502. The highest BCUT2D eigenvalue weighted by Gasteiger charge is 2.16. The lowest BCUT2D eigenvalue weighted by Crippen LogP contribution is -2.04. The van der Waals surface area contributed by atoms with Crippen LogP contribution in [0.3, 0.4) is 0 Å². The number of carbonyl (C=O) groups excluding carboxylic acids is 1. The number of ketones is 1. The van der Waals surface area contributed by atoms with Crippen LogP contribution in [0.5, 0.6) is 5.75 Å². The lowest BCUT2D eigenvalue weighted by atomic mass is 10.1. The number of rotatable bonds is 8. The Labute approximate surface area is 165 Å². The summed E-state index contributed by atoms with van der Waals surface area (Å²) >= 11 is 1.07. The van der Waals surface area contributed by atoms with Crippen LogP contribution in [0.1, 0.15) is 27.4 Å². The first kappa shape index (κ1) is 19.6. The molecule has 0 atom stereocenters. The average molecular weight is 399 g/mol. The van der Waals surface area contributed by atoms with E-state index in [1.54, 1.807) is 19.1 Å². The molecule has 28 heavy (non-hydrogen) atoms. The number of ether oxygens (including phenoxy) is 1. The molecule has 0 N–H and O–H groups in total. The maximum absolute atomic E-state index is 12.3. The third-order valence-corrected chi connectivity index (χ3v) is 4.67. The molecule has 3 aromatic rings. The Balaban J connectivity index is 1.56. The summed E-state index contributed by atoms with van der Waals surface area (Å²) in [5.41, 5.74) is 1.77. The Bertz CT molecular complexity index is 1020. The summed E-state index contributed by atoms with van der Waals surface area (Å²) in [7, 11) is 0. The normalized spacial score (nSPS) is 10.6. The molecule has 0 fully saturated rings. The summed E-state index contributed by atoms with van der Waals surface area (Å²) in [6, 6.07) is 12.0. The number of nitrogens with zero attached hydrogens (tertiary/aromatic N) is 3. The summed E-state index contributed by atoms with van der Waals surface area (Å²) < 4.78 is 11.0. The van der Waals surface area contributed by atoms with Crippen molar-refractivity contribution >= 4 is 23.2 Å². The molecule has 0 unspecified atom stereocenters. The maximum atomic E-state index is 12.3. The van der Waals surface area contributed by atoms with Gasteiger partial charge in [-0.15, -0.1) is 10.2 Å². The molecule has 2 aromatic carbocycles. The van der Waals surface area contributed by atoms with Crippen molar-refractivity contribution in [3.05, 3.63) is 75.2 Å². The Kier molecular flexibility index (Phi) is 6.05. The molecule has 0 spiro atoms. The Morgan fingerprint density at radius 2 is 2.04 bits per heavy atom. The molecule has 0 saturated carbocycles. The summed E-state index contributed by atoms with van der Waals surface area (Å²) in [5.74, 6) is 0.760. The number of carbonyl (C=O) groups is 1. The monoisotopic (exact) mass is 399 g/mol. The number of thioether (sulfide) groups is 1. The zero-order valence-corrected chi connectivity index (χ0v) is 16.1. The molecule has 0 bridgehead atoms. The van der Waals surface area contributed by atoms with Gasteiger partial charge in [0.25, 0.3) is 16.8 Å². The molecular weight excluding hydrogens is 382 g/mol. The van der Waals surface area contributed by atoms with Gasteiger partial charge in [0.1, 0.15) is 5.75 Å². The topological polar surface area (TPSA) is 108 Å². The molecule has 0 radical (unpaired) electrons. The third-order valence-electron chi connectivity index (χ3n) is 3.85. The zero-order chi connectivity index (χ0) is 20.1. The van der Waals surface area contributed by atoms with Crippen molar-refractivity contribution in [1.29, 1.82) is 0 Å². The van der Waals surface area contributed by atoms with Crippen LogP contribution in [-0.4, -0.2) is 26.7 Å². The van der Waals surface area contributed by atoms with E-state index in [-0.39, 0.29) is 34.6 Å². The highest BCUT2D eigenvalue weighted by Crippen LogP contribution is 2.23. The fourth-order valence-corrected chi connectivity index (χ4v) is 3.07. The Morgan fingerprint density at radius 1 is 1.21 bits per heavy atom. The molecule has 144 valence electrons. The van der Waals surface area contributed by atoms with Gasteiger partial charge < -0.3 is 9.15 Å². The molecule has 1 aromatic heterocycles. The van der Waals surface area contributed by atoms with Gasteiger partial charge in [-0.25, -0.2) is 0 Å². The van der Waals surface area contributed by atoms with E-state index in [1.165, 1.54) is 6.07 Å². The van der Waals surface area contributed by atoms with E-state index in [1.807, 2.05) is 31.2 Å². The van der Waals surface area contributed by atoms with Crippen LogP contribution in [0.2, 0.25) is 0 Å². The molecule has 8 nitrogen and oxygen atoms in total. The van der Waals surface area contributed by atoms with Crippen molar-refractivity contribution in [2.45, 2.75) is 25.7 Å². The van der Waals surface area contributed by atoms with E-state index in [9.17, 15) is 14.9 Å². The Hall–Kier alpha value is -3.20. The molecule has 0 amide bonds. The summed E-state index contributed by atoms with van der Waals surface area (Å²) in [4.78, 5) is 22.8. The molecule has 1 heterocycles. The zero-order valence-electron chi connectivity index (χ0n) is 15.2. The van der Waals surface area contributed by atoms with Gasteiger partial charge in [0, 0.05) is 17.2 Å². The van der Waals surface area contributed by atoms with Crippen molar-refractivity contribution in [2.24, 2.45) is 0 Å². The summed E-state index contributed by atoms with van der Waals surface area (Å²) in [6.45, 7) is 3.71. The molecule has 3 rings (SSSR count). The van der Waals surface area contributed by atoms with Gasteiger partial charge in [-0.1, -0.05) is 36.0 Å². The first-order valence-corrected chi connectivity index (χ1v) is 9.34. The van der Waals surface area contributed by atoms with Gasteiger partial charge >= 0.3 is 0 Å². The van der Waals surface area contributed by atoms with E-state index in [0.29, 0.717) is 17.2 Å². The third kappa shape index (κ3) is 4.95. The van der Waals surface area contributed by atoms with E-state index in [0.717, 1.165) is 17.3 Å². The van der Waals surface area contributed by atoms with E-state index in [4.69, 9.17) is 9.15 Å². The SMILES string of the molecule is Cc1cccc(OCc2nnc(SCC(=O)c3ccc(C)c([N+](=O)[O-])c3)o2)c1. The van der Waals surface area contributed by atoms with Crippen LogP contribution in [0.4, 0.5) is 5.69 Å². The van der Waals surface area contributed by atoms with Crippen LogP contribution in [0, 0.1) is 24.0 Å². The standard InChI is InChI=1S/C19H17N3O5S/c1-12-4-3-5-15(8-12)26-10-18-20-21-19(27-18)28-11-17(23)14-7-6-13(2)16(9-14)22(24)25/h3-9H,10-11H2,1-2H3. The number of nitro groups is 1. The number of hydrogen-bond acceptors (Lipinski definition) is 8. The second-order valence-corrected chi connectivity index (χ2v) is 6.96. The second kappa shape index (κ2) is 8.66. The van der Waals surface area contributed by atoms with Crippen molar-refractivity contribution in [3.8, 4) is 5.75 Å². The lowest BCUT2D eigenvalue weighted by Gasteiger charge is -2.03. The van der Waals surface area contributed by atoms with Crippen molar-refractivity contribution in [2.75, 3.05) is 5.75 Å². The quantitative estimate of drug-likeness (QED) is 0.241. The summed E-state index contributed by atoms with van der Waals surface area (Å²) in [6.07, 6.45) is 0. The fraction of sp³-hybridized carbons (Fsp3) is 0.211. The van der Waals surface area contributed by atoms with Crippen molar-refractivity contribution in [1.82, 2.24) is 10.2 Å². The van der Waals surface area contributed by atoms with Gasteiger partial charge in [0.05, 0.1) is 10.7 Å². The number of Topliss-reactive ketones (excluding diaryl/α,β-unsaturated/α-hetero) is 1. The Morgan fingerprint density at radius 3 is 2.79 bits per heavy atom. The number of aryl methyl sites for hydroxylation is 2. The first-order valence-electron chi connectivity index (χ1n) is 8.35. The van der Waals surface area contributed by atoms with Crippen LogP contribution in [-0.2, 0) is 6.61 Å². The summed E-state index contributed by atoms with van der Waals surface area (Å²) in [5, 5.41) is 19.0. The number of aromatic nitrogens is 2. The first-order chi connectivity index (χ1) is 13.4. The molecule has 0 aliphatic heterocycles. The van der Waals surface area contributed by atoms with E-state index >= 15 is 0 Å². The van der Waals surface area contributed by atoms with Crippen LogP contribution >= 0.6 is 11.8 Å². The number of nitro benzene ring substituents is 1. The highest BCUT2D eigenvalue weighted by molar-refractivity contribution is 7.99. The van der Waals surface area contributed by atoms with Crippen LogP contribution < -0.4 is 4.74 Å². The molecule has 0 aliphatic rings. The molecule has 9 heteroatoms. The van der Waals surface area contributed by atoms with Gasteiger partial charge in [0.2, 0.25) is 0 Å². The fourth-order valence-electron chi connectivity index (χ4n) is 2.40. The second-order valence-electron chi connectivity index (χ2n) is 6.04. The minimum Gasteiger partial charge on any atom is -0.484 e. The molecular formula is C19H17N3O5S. The molecule has 0 aliphatic carbocycles. The lowest BCUT2D eigenvalue weighted by molar-refractivity contribution is -0.385. The highest BCUT2D eigenvalue weighted by atomic mass is 32.2. The van der Waals surface area contributed by atoms with Crippen molar-refractivity contribution < 1.29 is 18.9 Å².